The zero-order valence-corrected chi connectivity index (χ0v) is 15.6. The summed E-state index contributed by atoms with van der Waals surface area (Å²) in [7, 11) is 4.11. The molecule has 3 nitrogen and oxygen atoms in total. The van der Waals surface area contributed by atoms with Gasteiger partial charge in [-0.2, -0.15) is 0 Å². The lowest BCUT2D eigenvalue weighted by atomic mass is 9.99. The second-order valence-corrected chi connectivity index (χ2v) is 6.58. The van der Waals surface area contributed by atoms with E-state index in [0.717, 1.165) is 37.1 Å². The number of hydrogen-bond acceptors (Lipinski definition) is 3. The molecule has 1 atom stereocenters. The van der Waals surface area contributed by atoms with Gasteiger partial charge in [0.2, 0.25) is 0 Å². The van der Waals surface area contributed by atoms with Gasteiger partial charge < -0.3 is 10.2 Å². The summed E-state index contributed by atoms with van der Waals surface area (Å²) in [5.74, 6) is 0.802. The van der Waals surface area contributed by atoms with Crippen molar-refractivity contribution in [3.05, 3.63) is 28.8 Å². The summed E-state index contributed by atoms with van der Waals surface area (Å²) in [6, 6.07) is 7.05. The lowest BCUT2D eigenvalue weighted by Gasteiger charge is -2.36. The van der Waals surface area contributed by atoms with Crippen LogP contribution in [0.1, 0.15) is 24.4 Å². The maximum atomic E-state index is 6.59. The Morgan fingerprint density at radius 2 is 1.82 bits per heavy atom. The van der Waals surface area contributed by atoms with Crippen molar-refractivity contribution in [2.75, 3.05) is 45.2 Å². The van der Waals surface area contributed by atoms with Crippen LogP contribution < -0.4 is 10.2 Å². The predicted octanol–water partition coefficient (Wildman–Crippen LogP) is 3.61. The van der Waals surface area contributed by atoms with E-state index < -0.39 is 0 Å². The highest BCUT2D eigenvalue weighted by Gasteiger charge is 2.37. The summed E-state index contributed by atoms with van der Waals surface area (Å²) in [6.45, 7) is 4.45. The second-order valence-electron chi connectivity index (χ2n) is 6.17. The number of halogens is 3. The van der Waals surface area contributed by atoms with Crippen molar-refractivity contribution in [2.45, 2.75) is 18.9 Å². The van der Waals surface area contributed by atoms with Crippen LogP contribution in [0.25, 0.3) is 0 Å². The lowest BCUT2D eigenvalue weighted by Crippen LogP contribution is -2.45. The standard InChI is InChI=1S/C16H24ClN3.2ClH/c1-19(2)13-5-6-14(15(17)11-13)16(12-3-4-12)20-9-7-18-8-10-20;;/h5-6,11-12,16,18H,3-4,7-10H2,1-2H3;2*1H/t16-;;/m1../s1. The molecule has 2 fully saturated rings. The Morgan fingerprint density at radius 1 is 1.18 bits per heavy atom. The second kappa shape index (κ2) is 8.60. The van der Waals surface area contributed by atoms with Crippen LogP contribution >= 0.6 is 36.4 Å². The Kier molecular flexibility index (Phi) is 7.76. The van der Waals surface area contributed by atoms with Gasteiger partial charge in [-0.15, -0.1) is 24.8 Å². The fraction of sp³-hybridized carbons (Fsp3) is 0.625. The Hall–Kier alpha value is -0.190. The van der Waals surface area contributed by atoms with E-state index in [2.05, 4.69) is 47.4 Å². The molecule has 0 aromatic heterocycles. The first-order valence-corrected chi connectivity index (χ1v) is 7.96. The topological polar surface area (TPSA) is 18.5 Å². The van der Waals surface area contributed by atoms with E-state index in [4.69, 9.17) is 11.6 Å². The zero-order valence-electron chi connectivity index (χ0n) is 13.2. The van der Waals surface area contributed by atoms with Crippen molar-refractivity contribution in [3.8, 4) is 0 Å². The lowest BCUT2D eigenvalue weighted by molar-refractivity contribution is 0.156. The van der Waals surface area contributed by atoms with Crippen molar-refractivity contribution in [3.63, 3.8) is 0 Å². The molecule has 6 heteroatoms. The zero-order chi connectivity index (χ0) is 14.1. The highest BCUT2D eigenvalue weighted by Crippen LogP contribution is 2.46. The van der Waals surface area contributed by atoms with Crippen LogP contribution in [0.5, 0.6) is 0 Å². The number of nitrogens with one attached hydrogen (secondary N) is 1. The Morgan fingerprint density at radius 3 is 2.32 bits per heavy atom. The van der Waals surface area contributed by atoms with Gasteiger partial charge in [-0.05, 0) is 36.5 Å². The molecule has 22 heavy (non-hydrogen) atoms. The minimum Gasteiger partial charge on any atom is -0.378 e. The third-order valence-electron chi connectivity index (χ3n) is 4.43. The van der Waals surface area contributed by atoms with Gasteiger partial charge in [0.15, 0.2) is 0 Å². The van der Waals surface area contributed by atoms with E-state index in [9.17, 15) is 0 Å². The van der Waals surface area contributed by atoms with Gasteiger partial charge in [0.05, 0.1) is 0 Å². The van der Waals surface area contributed by atoms with Gasteiger partial charge in [0, 0.05) is 57.0 Å². The van der Waals surface area contributed by atoms with Gasteiger partial charge in [-0.3, -0.25) is 4.90 Å². The van der Waals surface area contributed by atoms with Crippen molar-refractivity contribution in [1.29, 1.82) is 0 Å². The van der Waals surface area contributed by atoms with Crippen LogP contribution in [-0.4, -0.2) is 45.2 Å². The average molecular weight is 367 g/mol. The normalized spacial score (nSPS) is 19.8. The van der Waals surface area contributed by atoms with E-state index in [1.54, 1.807) is 0 Å². The van der Waals surface area contributed by atoms with Gasteiger partial charge in [-0.25, -0.2) is 0 Å². The molecule has 1 aliphatic carbocycles. The first kappa shape index (κ1) is 19.9. The van der Waals surface area contributed by atoms with Crippen LogP contribution in [0.15, 0.2) is 18.2 Å². The highest BCUT2D eigenvalue weighted by atomic mass is 35.5. The molecule has 126 valence electrons. The molecule has 0 unspecified atom stereocenters. The van der Waals surface area contributed by atoms with E-state index in [0.29, 0.717) is 6.04 Å². The van der Waals surface area contributed by atoms with E-state index in [1.165, 1.54) is 24.1 Å². The fourth-order valence-electron chi connectivity index (χ4n) is 3.16. The number of nitrogens with zero attached hydrogens (tertiary/aromatic N) is 2. The molecular weight excluding hydrogens is 341 g/mol. The maximum absolute atomic E-state index is 6.59. The number of piperazine rings is 1. The SMILES string of the molecule is CN(C)c1ccc([C@@H](C2CC2)N2CCNCC2)c(Cl)c1.Cl.Cl. The van der Waals surface area contributed by atoms with Crippen molar-refractivity contribution in [2.24, 2.45) is 5.92 Å². The summed E-state index contributed by atoms with van der Waals surface area (Å²) in [5, 5.41) is 4.36. The smallest absolute Gasteiger partial charge is 0.0474 e. The molecule has 2 aliphatic rings. The average Bonchev–Trinajstić information content (AvgIpc) is 3.26. The molecule has 3 rings (SSSR count). The van der Waals surface area contributed by atoms with Crippen LogP contribution in [0.3, 0.4) is 0 Å². The van der Waals surface area contributed by atoms with Gasteiger partial charge >= 0.3 is 0 Å². The quantitative estimate of drug-likeness (QED) is 0.878. The largest absolute Gasteiger partial charge is 0.378 e. The Balaban J connectivity index is 0.00000121. The number of rotatable bonds is 4. The summed E-state index contributed by atoms with van der Waals surface area (Å²) in [4.78, 5) is 4.72. The van der Waals surface area contributed by atoms with Crippen molar-refractivity contribution in [1.82, 2.24) is 10.2 Å². The number of benzene rings is 1. The van der Waals surface area contributed by atoms with Gasteiger partial charge in [0.1, 0.15) is 0 Å². The van der Waals surface area contributed by atoms with Crippen LogP contribution in [0, 0.1) is 5.92 Å². The number of hydrogen-bond donors (Lipinski definition) is 1. The maximum Gasteiger partial charge on any atom is 0.0474 e. The summed E-state index contributed by atoms with van der Waals surface area (Å²) in [6.07, 6.45) is 2.70. The van der Waals surface area contributed by atoms with Gasteiger partial charge in [0.25, 0.3) is 0 Å². The molecule has 1 N–H and O–H groups in total. The van der Waals surface area contributed by atoms with Gasteiger partial charge in [-0.1, -0.05) is 17.7 Å². The molecule has 1 heterocycles. The van der Waals surface area contributed by atoms with Crippen LogP contribution in [-0.2, 0) is 0 Å². The van der Waals surface area contributed by atoms with E-state index in [-0.39, 0.29) is 24.8 Å². The molecule has 1 saturated carbocycles. The van der Waals surface area contributed by atoms with Crippen molar-refractivity contribution >= 4 is 42.1 Å². The number of anilines is 1. The highest BCUT2D eigenvalue weighted by molar-refractivity contribution is 6.31. The summed E-state index contributed by atoms with van der Waals surface area (Å²) in [5.41, 5.74) is 2.50. The van der Waals surface area contributed by atoms with E-state index in [1.807, 2.05) is 0 Å². The first-order chi connectivity index (χ1) is 9.66. The molecule has 0 spiro atoms. The molecular formula is C16H26Cl3N3. The molecule has 0 bridgehead atoms. The third-order valence-corrected chi connectivity index (χ3v) is 4.76. The van der Waals surface area contributed by atoms with Crippen LogP contribution in [0.4, 0.5) is 5.69 Å². The third kappa shape index (κ3) is 4.42. The molecule has 1 aromatic carbocycles. The van der Waals surface area contributed by atoms with E-state index >= 15 is 0 Å². The summed E-state index contributed by atoms with van der Waals surface area (Å²) >= 11 is 6.59. The van der Waals surface area contributed by atoms with Crippen molar-refractivity contribution < 1.29 is 0 Å². The fourth-order valence-corrected chi connectivity index (χ4v) is 3.44. The molecule has 1 aliphatic heterocycles. The Bertz CT molecular complexity index is 472. The Labute approximate surface area is 151 Å². The predicted molar refractivity (Wildman–Crippen MR) is 100 cm³/mol. The molecule has 0 amide bonds. The monoisotopic (exact) mass is 365 g/mol. The minimum atomic E-state index is 0. The molecule has 0 radical (unpaired) electrons. The first-order valence-electron chi connectivity index (χ1n) is 7.58. The van der Waals surface area contributed by atoms with Crippen LogP contribution in [0.2, 0.25) is 5.02 Å². The minimum absolute atomic E-state index is 0. The summed E-state index contributed by atoms with van der Waals surface area (Å²) < 4.78 is 0. The molecule has 1 aromatic rings. The molecule has 1 saturated heterocycles.